The fourth-order valence-electron chi connectivity index (χ4n) is 1.13. The largest absolute Gasteiger partial charge is 0.324 e. The van der Waals surface area contributed by atoms with Crippen LogP contribution in [-0.4, -0.2) is 10.5 Å². The van der Waals surface area contributed by atoms with Crippen molar-refractivity contribution < 1.29 is 4.79 Å². The molecule has 0 spiro atoms. The molecule has 0 aliphatic carbocycles. The Morgan fingerprint density at radius 3 is 2.57 bits per heavy atom. The lowest BCUT2D eigenvalue weighted by Crippen LogP contribution is -2.14. The first-order valence-corrected chi connectivity index (χ1v) is 5.58. The summed E-state index contributed by atoms with van der Waals surface area (Å²) in [5.74, 6) is -0.0237. The van der Waals surface area contributed by atoms with Gasteiger partial charge in [-0.25, -0.2) is 0 Å². The van der Waals surface area contributed by atoms with Gasteiger partial charge in [-0.2, -0.15) is 4.99 Å². The molecule has 0 saturated heterocycles. The molecule has 14 heavy (non-hydrogen) atoms. The quantitative estimate of drug-likeness (QED) is 0.737. The minimum atomic E-state index is -0.0237. The van der Waals surface area contributed by atoms with Gasteiger partial charge in [-0.05, 0) is 20.3 Å². The van der Waals surface area contributed by atoms with Gasteiger partial charge in [-0.15, -0.1) is 11.3 Å². The van der Waals surface area contributed by atoms with Crippen LogP contribution < -0.4 is 4.80 Å². The van der Waals surface area contributed by atoms with Crippen LogP contribution in [0.3, 0.4) is 0 Å². The third kappa shape index (κ3) is 2.32. The number of nitrogens with zero attached hydrogens (tertiary/aromatic N) is 2. The molecule has 0 bridgehead atoms. The zero-order chi connectivity index (χ0) is 10.7. The van der Waals surface area contributed by atoms with E-state index in [1.165, 1.54) is 10.6 Å². The third-order valence-electron chi connectivity index (χ3n) is 2.23. The summed E-state index contributed by atoms with van der Waals surface area (Å²) in [7, 11) is 1.94. The summed E-state index contributed by atoms with van der Waals surface area (Å²) in [5, 5.41) is 0. The minimum Gasteiger partial charge on any atom is -0.324 e. The van der Waals surface area contributed by atoms with Crippen molar-refractivity contribution in [3.05, 3.63) is 15.4 Å². The zero-order valence-corrected chi connectivity index (χ0v) is 9.94. The normalized spacial score (nSPS) is 12.1. The summed E-state index contributed by atoms with van der Waals surface area (Å²) < 4.78 is 1.97. The van der Waals surface area contributed by atoms with Crippen LogP contribution in [0.15, 0.2) is 4.99 Å². The summed E-state index contributed by atoms with van der Waals surface area (Å²) in [6.45, 7) is 6.07. The second kappa shape index (κ2) is 4.55. The monoisotopic (exact) mass is 212 g/mol. The maximum absolute atomic E-state index is 11.3. The van der Waals surface area contributed by atoms with Gasteiger partial charge in [0, 0.05) is 24.0 Å². The second-order valence-electron chi connectivity index (χ2n) is 3.34. The van der Waals surface area contributed by atoms with E-state index in [1.54, 1.807) is 11.3 Å². The molecule has 1 amide bonds. The first-order valence-electron chi connectivity index (χ1n) is 4.76. The molecular weight excluding hydrogens is 196 g/mol. The molecule has 1 aromatic rings. The van der Waals surface area contributed by atoms with Gasteiger partial charge in [-0.3, -0.25) is 4.79 Å². The molecule has 0 atom stereocenters. The fraction of sp³-hybridized carbons (Fsp3) is 0.600. The van der Waals surface area contributed by atoms with E-state index in [-0.39, 0.29) is 5.91 Å². The first-order chi connectivity index (χ1) is 6.56. The molecular formula is C10H16N2OS. The Labute approximate surface area is 88.1 Å². The first kappa shape index (κ1) is 11.2. The fourth-order valence-corrected chi connectivity index (χ4v) is 2.11. The number of amides is 1. The van der Waals surface area contributed by atoms with Gasteiger partial charge < -0.3 is 4.57 Å². The summed E-state index contributed by atoms with van der Waals surface area (Å²) in [4.78, 5) is 17.4. The van der Waals surface area contributed by atoms with Crippen molar-refractivity contribution in [1.29, 1.82) is 0 Å². The van der Waals surface area contributed by atoms with Crippen molar-refractivity contribution in [2.24, 2.45) is 12.0 Å². The highest BCUT2D eigenvalue weighted by Crippen LogP contribution is 2.07. The summed E-state index contributed by atoms with van der Waals surface area (Å²) >= 11 is 1.57. The molecule has 0 radical (unpaired) electrons. The Hall–Kier alpha value is -0.900. The van der Waals surface area contributed by atoms with Gasteiger partial charge in [0.25, 0.3) is 0 Å². The number of aromatic nitrogens is 1. The number of thiazole rings is 1. The summed E-state index contributed by atoms with van der Waals surface area (Å²) in [6, 6.07) is 0. The van der Waals surface area contributed by atoms with Crippen molar-refractivity contribution in [1.82, 2.24) is 4.57 Å². The van der Waals surface area contributed by atoms with Crippen molar-refractivity contribution in [2.45, 2.75) is 33.6 Å². The van der Waals surface area contributed by atoms with E-state index in [1.807, 2.05) is 32.4 Å². The highest BCUT2D eigenvalue weighted by molar-refractivity contribution is 7.09. The van der Waals surface area contributed by atoms with Gasteiger partial charge in [0.05, 0.1) is 0 Å². The van der Waals surface area contributed by atoms with Gasteiger partial charge >= 0.3 is 0 Å². The van der Waals surface area contributed by atoms with E-state index in [2.05, 4.69) is 4.99 Å². The van der Waals surface area contributed by atoms with Gasteiger partial charge in [0.2, 0.25) is 5.91 Å². The van der Waals surface area contributed by atoms with E-state index in [4.69, 9.17) is 0 Å². The van der Waals surface area contributed by atoms with Crippen molar-refractivity contribution in [3.63, 3.8) is 0 Å². The topological polar surface area (TPSA) is 34.4 Å². The Kier molecular flexibility index (Phi) is 3.63. The van der Waals surface area contributed by atoms with Crippen molar-refractivity contribution in [3.8, 4) is 0 Å². The molecule has 78 valence electrons. The van der Waals surface area contributed by atoms with E-state index in [0.717, 1.165) is 11.2 Å². The van der Waals surface area contributed by atoms with Gasteiger partial charge in [0.1, 0.15) is 0 Å². The Morgan fingerprint density at radius 2 is 2.14 bits per heavy atom. The van der Waals surface area contributed by atoms with Crippen LogP contribution in [0, 0.1) is 13.8 Å². The highest BCUT2D eigenvalue weighted by atomic mass is 32.1. The molecule has 3 nitrogen and oxygen atoms in total. The molecule has 0 saturated carbocycles. The predicted molar refractivity (Wildman–Crippen MR) is 58.2 cm³/mol. The van der Waals surface area contributed by atoms with Crippen molar-refractivity contribution >= 4 is 17.2 Å². The van der Waals surface area contributed by atoms with Crippen LogP contribution >= 0.6 is 11.3 Å². The lowest BCUT2D eigenvalue weighted by atomic mass is 10.3. The number of aryl methyl sites for hydroxylation is 1. The third-order valence-corrected chi connectivity index (χ3v) is 3.38. The molecule has 0 fully saturated rings. The standard InChI is InChI=1S/C10H16N2OS/c1-5-6-9(13)11-10-12(4)7(2)8(3)14-10/h5-6H2,1-4H3. The average Bonchev–Trinajstić information content (AvgIpc) is 2.34. The van der Waals surface area contributed by atoms with E-state index in [9.17, 15) is 4.79 Å². The molecule has 1 heterocycles. The van der Waals surface area contributed by atoms with Crippen LogP contribution in [0.2, 0.25) is 0 Å². The number of hydrogen-bond acceptors (Lipinski definition) is 2. The molecule has 0 aliphatic rings. The van der Waals surface area contributed by atoms with E-state index >= 15 is 0 Å². The predicted octanol–water partition coefficient (Wildman–Crippen LogP) is 1.93. The lowest BCUT2D eigenvalue weighted by Gasteiger charge is -1.94. The molecule has 1 rings (SSSR count). The van der Waals surface area contributed by atoms with Gasteiger partial charge in [-0.1, -0.05) is 6.92 Å². The average molecular weight is 212 g/mol. The Balaban J connectivity index is 3.07. The highest BCUT2D eigenvalue weighted by Gasteiger charge is 2.03. The van der Waals surface area contributed by atoms with E-state index in [0.29, 0.717) is 6.42 Å². The maximum atomic E-state index is 11.3. The number of carbonyl (C=O) groups excluding carboxylic acids is 1. The Morgan fingerprint density at radius 1 is 1.50 bits per heavy atom. The lowest BCUT2D eigenvalue weighted by molar-refractivity contribution is -0.118. The number of carbonyl (C=O) groups is 1. The van der Waals surface area contributed by atoms with Crippen LogP contribution in [0.25, 0.3) is 0 Å². The summed E-state index contributed by atoms with van der Waals surface area (Å²) in [5.41, 5.74) is 1.18. The Bertz CT molecular complexity index is 401. The van der Waals surface area contributed by atoms with Crippen LogP contribution in [0.4, 0.5) is 0 Å². The van der Waals surface area contributed by atoms with Crippen LogP contribution in [0.1, 0.15) is 30.3 Å². The van der Waals surface area contributed by atoms with E-state index < -0.39 is 0 Å². The maximum Gasteiger partial charge on any atom is 0.248 e. The number of rotatable bonds is 2. The molecule has 4 heteroatoms. The van der Waals surface area contributed by atoms with Crippen LogP contribution in [0.5, 0.6) is 0 Å². The summed E-state index contributed by atoms with van der Waals surface area (Å²) in [6.07, 6.45) is 1.39. The SMILES string of the molecule is CCCC(=O)N=c1sc(C)c(C)n1C. The molecule has 0 aliphatic heterocycles. The molecule has 0 N–H and O–H groups in total. The molecule has 0 aromatic carbocycles. The number of hydrogen-bond donors (Lipinski definition) is 0. The molecule has 0 unspecified atom stereocenters. The molecule has 1 aromatic heterocycles. The second-order valence-corrected chi connectivity index (χ2v) is 4.52. The minimum absolute atomic E-state index is 0.0237. The smallest absolute Gasteiger partial charge is 0.248 e. The van der Waals surface area contributed by atoms with Crippen molar-refractivity contribution in [2.75, 3.05) is 0 Å². The van der Waals surface area contributed by atoms with Gasteiger partial charge in [0.15, 0.2) is 4.80 Å². The van der Waals surface area contributed by atoms with Crippen LogP contribution in [-0.2, 0) is 11.8 Å². The zero-order valence-electron chi connectivity index (χ0n) is 9.13.